The Morgan fingerprint density at radius 3 is 2.72 bits per heavy atom. The highest BCUT2D eigenvalue weighted by Gasteiger charge is 2.04. The summed E-state index contributed by atoms with van der Waals surface area (Å²) in [6.45, 7) is 5.02. The summed E-state index contributed by atoms with van der Waals surface area (Å²) in [5, 5.41) is 8.57. The van der Waals surface area contributed by atoms with Crippen LogP contribution in [-0.2, 0) is 4.79 Å². The zero-order chi connectivity index (χ0) is 13.4. The molecule has 1 rings (SSSR count). The van der Waals surface area contributed by atoms with Gasteiger partial charge in [-0.05, 0) is 29.7 Å². The van der Waals surface area contributed by atoms with Crippen molar-refractivity contribution < 1.29 is 14.6 Å². The van der Waals surface area contributed by atoms with Crippen molar-refractivity contribution in [1.29, 1.82) is 0 Å². The average molecular weight is 248 g/mol. The second kappa shape index (κ2) is 7.54. The van der Waals surface area contributed by atoms with Gasteiger partial charge in [-0.15, -0.1) is 0 Å². The molecule has 0 saturated heterocycles. The maximum Gasteiger partial charge on any atom is 0.328 e. The molecule has 0 atom stereocenters. The molecule has 3 heteroatoms. The molecule has 0 aliphatic carbocycles. The third-order valence-electron chi connectivity index (χ3n) is 2.92. The fourth-order valence-corrected chi connectivity index (χ4v) is 1.61. The van der Waals surface area contributed by atoms with Crippen LogP contribution in [0.3, 0.4) is 0 Å². The van der Waals surface area contributed by atoms with Gasteiger partial charge in [-0.2, -0.15) is 0 Å². The highest BCUT2D eigenvalue weighted by Crippen LogP contribution is 2.17. The normalized spacial score (nSPS) is 11.1. The van der Waals surface area contributed by atoms with Gasteiger partial charge in [0.05, 0.1) is 6.61 Å². The Balaban J connectivity index is 2.62. The predicted molar refractivity (Wildman–Crippen MR) is 72.7 cm³/mol. The van der Waals surface area contributed by atoms with E-state index < -0.39 is 5.97 Å². The van der Waals surface area contributed by atoms with E-state index in [1.807, 2.05) is 24.3 Å². The molecular formula is C15H20O3. The number of benzene rings is 1. The van der Waals surface area contributed by atoms with Crippen molar-refractivity contribution in [1.82, 2.24) is 0 Å². The van der Waals surface area contributed by atoms with Gasteiger partial charge in [0.1, 0.15) is 5.75 Å². The van der Waals surface area contributed by atoms with Crippen LogP contribution in [0.1, 0.15) is 32.3 Å². The third kappa shape index (κ3) is 5.04. The number of carboxylic acids is 1. The van der Waals surface area contributed by atoms with E-state index in [0.717, 1.165) is 30.2 Å². The van der Waals surface area contributed by atoms with E-state index in [1.54, 1.807) is 6.08 Å². The number of hydrogen-bond donors (Lipinski definition) is 1. The number of carbonyl (C=O) groups is 1. The van der Waals surface area contributed by atoms with E-state index in [2.05, 4.69) is 13.8 Å². The summed E-state index contributed by atoms with van der Waals surface area (Å²) in [5.74, 6) is 0.413. The highest BCUT2D eigenvalue weighted by atomic mass is 16.5. The maximum absolute atomic E-state index is 10.4. The standard InChI is InChI=1S/C15H20O3/c1-3-12(4-2)11-18-14-7-5-6-13(10-14)8-9-15(16)17/h5-10,12H,3-4,11H2,1-2H3,(H,16,17)/b9-8+. The molecule has 0 spiro atoms. The Morgan fingerprint density at radius 2 is 2.11 bits per heavy atom. The zero-order valence-corrected chi connectivity index (χ0v) is 10.9. The summed E-state index contributed by atoms with van der Waals surface area (Å²) < 4.78 is 5.72. The van der Waals surface area contributed by atoms with E-state index in [4.69, 9.17) is 9.84 Å². The fraction of sp³-hybridized carbons (Fsp3) is 0.400. The van der Waals surface area contributed by atoms with Crippen LogP contribution >= 0.6 is 0 Å². The summed E-state index contributed by atoms with van der Waals surface area (Å²) in [6.07, 6.45) is 4.90. The highest BCUT2D eigenvalue weighted by molar-refractivity contribution is 5.85. The Hall–Kier alpha value is -1.77. The van der Waals surface area contributed by atoms with Crippen molar-refractivity contribution in [3.63, 3.8) is 0 Å². The number of hydrogen-bond acceptors (Lipinski definition) is 2. The minimum Gasteiger partial charge on any atom is -0.493 e. The first-order chi connectivity index (χ1) is 8.65. The SMILES string of the molecule is CCC(CC)COc1cccc(/C=C/C(=O)O)c1. The van der Waals surface area contributed by atoms with Crippen molar-refractivity contribution in [2.75, 3.05) is 6.61 Å². The van der Waals surface area contributed by atoms with Gasteiger partial charge < -0.3 is 9.84 Å². The lowest BCUT2D eigenvalue weighted by atomic mass is 10.1. The van der Waals surface area contributed by atoms with Crippen LogP contribution in [0.15, 0.2) is 30.3 Å². The largest absolute Gasteiger partial charge is 0.493 e. The summed E-state index contributed by atoms with van der Waals surface area (Å²) in [5.41, 5.74) is 0.833. The third-order valence-corrected chi connectivity index (χ3v) is 2.92. The van der Waals surface area contributed by atoms with E-state index in [-0.39, 0.29) is 0 Å². The number of aliphatic carboxylic acids is 1. The molecular weight excluding hydrogens is 228 g/mol. The van der Waals surface area contributed by atoms with Gasteiger partial charge in [0, 0.05) is 6.08 Å². The van der Waals surface area contributed by atoms with Gasteiger partial charge >= 0.3 is 5.97 Å². The first-order valence-corrected chi connectivity index (χ1v) is 6.29. The van der Waals surface area contributed by atoms with Crippen molar-refractivity contribution in [3.8, 4) is 5.75 Å². The summed E-state index contributed by atoms with van der Waals surface area (Å²) in [6, 6.07) is 7.45. The van der Waals surface area contributed by atoms with Crippen LogP contribution < -0.4 is 4.74 Å². The predicted octanol–water partition coefficient (Wildman–Crippen LogP) is 3.60. The molecule has 98 valence electrons. The molecule has 0 aromatic heterocycles. The zero-order valence-electron chi connectivity index (χ0n) is 10.9. The Bertz CT molecular complexity index is 406. The smallest absolute Gasteiger partial charge is 0.328 e. The number of ether oxygens (including phenoxy) is 1. The summed E-state index contributed by atoms with van der Waals surface area (Å²) in [7, 11) is 0. The minimum atomic E-state index is -0.946. The first kappa shape index (κ1) is 14.3. The Morgan fingerprint density at radius 1 is 1.39 bits per heavy atom. The topological polar surface area (TPSA) is 46.5 Å². The van der Waals surface area contributed by atoms with Gasteiger partial charge in [0.2, 0.25) is 0 Å². The van der Waals surface area contributed by atoms with Gasteiger partial charge in [-0.25, -0.2) is 4.79 Å². The molecule has 18 heavy (non-hydrogen) atoms. The molecule has 0 amide bonds. The lowest BCUT2D eigenvalue weighted by molar-refractivity contribution is -0.131. The molecule has 0 aliphatic heterocycles. The van der Waals surface area contributed by atoms with Crippen molar-refractivity contribution in [2.45, 2.75) is 26.7 Å². The van der Waals surface area contributed by atoms with Gasteiger partial charge in [0.25, 0.3) is 0 Å². The molecule has 1 aromatic rings. The first-order valence-electron chi connectivity index (χ1n) is 6.29. The fourth-order valence-electron chi connectivity index (χ4n) is 1.61. The van der Waals surface area contributed by atoms with Crippen LogP contribution in [0.4, 0.5) is 0 Å². The van der Waals surface area contributed by atoms with Crippen LogP contribution in [0.5, 0.6) is 5.75 Å². The van der Waals surface area contributed by atoms with Gasteiger partial charge in [-0.1, -0.05) is 38.8 Å². The number of rotatable bonds is 7. The summed E-state index contributed by atoms with van der Waals surface area (Å²) in [4.78, 5) is 10.4. The number of carboxylic acid groups (broad SMARTS) is 1. The molecule has 0 heterocycles. The van der Waals surface area contributed by atoms with E-state index in [1.165, 1.54) is 0 Å². The molecule has 1 N–H and O–H groups in total. The average Bonchev–Trinajstić information content (AvgIpc) is 2.38. The monoisotopic (exact) mass is 248 g/mol. The lowest BCUT2D eigenvalue weighted by Gasteiger charge is -2.13. The quantitative estimate of drug-likeness (QED) is 0.750. The van der Waals surface area contributed by atoms with E-state index >= 15 is 0 Å². The van der Waals surface area contributed by atoms with Crippen molar-refractivity contribution in [2.24, 2.45) is 5.92 Å². The van der Waals surface area contributed by atoms with Gasteiger partial charge in [0.15, 0.2) is 0 Å². The lowest BCUT2D eigenvalue weighted by Crippen LogP contribution is -2.09. The Labute approximate surface area is 108 Å². The molecule has 3 nitrogen and oxygen atoms in total. The van der Waals surface area contributed by atoms with Crippen LogP contribution in [0, 0.1) is 5.92 Å². The molecule has 0 aliphatic rings. The minimum absolute atomic E-state index is 0.572. The van der Waals surface area contributed by atoms with E-state index in [9.17, 15) is 4.79 Å². The molecule has 0 radical (unpaired) electrons. The van der Waals surface area contributed by atoms with Crippen LogP contribution in [-0.4, -0.2) is 17.7 Å². The van der Waals surface area contributed by atoms with Crippen molar-refractivity contribution in [3.05, 3.63) is 35.9 Å². The maximum atomic E-state index is 10.4. The molecule has 0 unspecified atom stereocenters. The summed E-state index contributed by atoms with van der Waals surface area (Å²) >= 11 is 0. The molecule has 0 saturated carbocycles. The van der Waals surface area contributed by atoms with Gasteiger partial charge in [-0.3, -0.25) is 0 Å². The molecule has 0 bridgehead atoms. The van der Waals surface area contributed by atoms with Crippen molar-refractivity contribution >= 4 is 12.0 Å². The van der Waals surface area contributed by atoms with E-state index in [0.29, 0.717) is 12.5 Å². The second-order valence-electron chi connectivity index (χ2n) is 4.24. The Kier molecular flexibility index (Phi) is 5.98. The molecule has 1 aromatic carbocycles. The molecule has 0 fully saturated rings. The van der Waals surface area contributed by atoms with Crippen LogP contribution in [0.2, 0.25) is 0 Å². The van der Waals surface area contributed by atoms with Crippen LogP contribution in [0.25, 0.3) is 6.08 Å². The second-order valence-corrected chi connectivity index (χ2v) is 4.24.